The number of anilines is 2. The monoisotopic (exact) mass is 443 g/mol. The zero-order chi connectivity index (χ0) is 22.6. The van der Waals surface area contributed by atoms with Crippen molar-refractivity contribution in [2.24, 2.45) is 0 Å². The van der Waals surface area contributed by atoms with Gasteiger partial charge in [0.1, 0.15) is 5.75 Å². The van der Waals surface area contributed by atoms with Crippen molar-refractivity contribution in [2.75, 3.05) is 16.6 Å². The number of aryl methyl sites for hydroxylation is 1. The lowest BCUT2D eigenvalue weighted by atomic mass is 10.0. The van der Waals surface area contributed by atoms with Gasteiger partial charge in [0.15, 0.2) is 6.61 Å². The van der Waals surface area contributed by atoms with Crippen LogP contribution in [0, 0.1) is 13.8 Å². The lowest BCUT2D eigenvalue weighted by Gasteiger charge is -2.11. The predicted molar refractivity (Wildman–Crippen MR) is 118 cm³/mol. The third-order valence-electron chi connectivity index (χ3n) is 4.73. The minimum atomic E-state index is -3.85. The van der Waals surface area contributed by atoms with Gasteiger partial charge in [-0.05, 0) is 61.7 Å². The second-order valence-corrected chi connectivity index (χ2v) is 9.10. The van der Waals surface area contributed by atoms with E-state index in [1.54, 1.807) is 19.9 Å². The minimum Gasteiger partial charge on any atom is -0.484 e. The molecule has 0 saturated heterocycles. The van der Waals surface area contributed by atoms with Crippen LogP contribution in [0.5, 0.6) is 5.75 Å². The smallest absolute Gasteiger partial charge is 0.264 e. The Morgan fingerprint density at radius 3 is 2.45 bits per heavy atom. The molecular weight excluding hydrogens is 418 g/mol. The van der Waals surface area contributed by atoms with Gasteiger partial charge in [0.25, 0.3) is 15.9 Å². The van der Waals surface area contributed by atoms with E-state index in [0.29, 0.717) is 28.6 Å². The number of sulfonamides is 1. The lowest BCUT2D eigenvalue weighted by molar-refractivity contribution is -0.118. The normalized spacial score (nSPS) is 11.4. The second kappa shape index (κ2) is 9.22. The van der Waals surface area contributed by atoms with E-state index < -0.39 is 10.0 Å². The summed E-state index contributed by atoms with van der Waals surface area (Å²) in [6.45, 7) is 7.44. The molecule has 3 rings (SSSR count). The molecule has 1 amide bonds. The number of hydrogen-bond donors (Lipinski definition) is 2. The van der Waals surface area contributed by atoms with Crippen LogP contribution < -0.4 is 14.8 Å². The SMILES string of the molecule is Cc1noc(NS(=O)(=O)c2ccc(NC(=O)COc3cccc(C(C)C)c3)cc2)c1C. The van der Waals surface area contributed by atoms with E-state index >= 15 is 0 Å². The van der Waals surface area contributed by atoms with Crippen LogP contribution in [0.4, 0.5) is 11.6 Å². The van der Waals surface area contributed by atoms with Gasteiger partial charge in [-0.15, -0.1) is 0 Å². The van der Waals surface area contributed by atoms with Gasteiger partial charge >= 0.3 is 0 Å². The molecule has 0 aliphatic carbocycles. The number of amides is 1. The van der Waals surface area contributed by atoms with E-state index in [1.807, 2.05) is 18.2 Å². The van der Waals surface area contributed by atoms with E-state index in [9.17, 15) is 13.2 Å². The molecule has 9 heteroatoms. The molecule has 0 spiro atoms. The molecule has 164 valence electrons. The average molecular weight is 444 g/mol. The van der Waals surface area contributed by atoms with Crippen molar-refractivity contribution in [1.82, 2.24) is 5.16 Å². The van der Waals surface area contributed by atoms with Crippen molar-refractivity contribution in [2.45, 2.75) is 38.5 Å². The largest absolute Gasteiger partial charge is 0.484 e. The van der Waals surface area contributed by atoms with Crippen molar-refractivity contribution >= 4 is 27.5 Å². The van der Waals surface area contributed by atoms with Crippen LogP contribution in [-0.2, 0) is 14.8 Å². The molecule has 0 aliphatic heterocycles. The van der Waals surface area contributed by atoms with Gasteiger partial charge in [-0.1, -0.05) is 31.1 Å². The Morgan fingerprint density at radius 1 is 1.13 bits per heavy atom. The fourth-order valence-electron chi connectivity index (χ4n) is 2.72. The summed E-state index contributed by atoms with van der Waals surface area (Å²) >= 11 is 0. The first-order valence-corrected chi connectivity index (χ1v) is 11.2. The molecular formula is C22H25N3O5S. The highest BCUT2D eigenvalue weighted by Gasteiger charge is 2.19. The van der Waals surface area contributed by atoms with Gasteiger partial charge in [-0.25, -0.2) is 13.1 Å². The lowest BCUT2D eigenvalue weighted by Crippen LogP contribution is -2.20. The van der Waals surface area contributed by atoms with E-state index in [-0.39, 0.29) is 23.3 Å². The van der Waals surface area contributed by atoms with Gasteiger partial charge in [-0.3, -0.25) is 4.79 Å². The molecule has 1 aromatic heterocycles. The number of nitrogens with zero attached hydrogens (tertiary/aromatic N) is 1. The maximum Gasteiger partial charge on any atom is 0.264 e. The summed E-state index contributed by atoms with van der Waals surface area (Å²) in [7, 11) is -3.85. The number of hydrogen-bond acceptors (Lipinski definition) is 6. The van der Waals surface area contributed by atoms with Crippen molar-refractivity contribution in [1.29, 1.82) is 0 Å². The topological polar surface area (TPSA) is 111 Å². The molecule has 0 bridgehead atoms. The Kier molecular flexibility index (Phi) is 6.65. The Balaban J connectivity index is 1.59. The van der Waals surface area contributed by atoms with Gasteiger partial charge in [0.2, 0.25) is 5.88 Å². The molecule has 0 atom stereocenters. The Bertz CT molecular complexity index is 1170. The summed E-state index contributed by atoms with van der Waals surface area (Å²) in [5.74, 6) is 0.704. The summed E-state index contributed by atoms with van der Waals surface area (Å²) in [4.78, 5) is 12.2. The molecule has 0 fully saturated rings. The first-order valence-electron chi connectivity index (χ1n) is 9.74. The van der Waals surface area contributed by atoms with E-state index in [1.165, 1.54) is 24.3 Å². The number of benzene rings is 2. The quantitative estimate of drug-likeness (QED) is 0.539. The van der Waals surface area contributed by atoms with Crippen LogP contribution in [0.2, 0.25) is 0 Å². The summed E-state index contributed by atoms with van der Waals surface area (Å²) in [6.07, 6.45) is 0. The van der Waals surface area contributed by atoms with Crippen LogP contribution in [0.25, 0.3) is 0 Å². The molecule has 0 radical (unpaired) electrons. The summed E-state index contributed by atoms with van der Waals surface area (Å²) < 4.78 is 38.0. The number of carbonyl (C=O) groups is 1. The number of ether oxygens (including phenoxy) is 1. The van der Waals surface area contributed by atoms with Gasteiger partial charge in [0, 0.05) is 11.3 Å². The predicted octanol–water partition coefficient (Wildman–Crippen LogP) is 4.23. The highest BCUT2D eigenvalue weighted by atomic mass is 32.2. The summed E-state index contributed by atoms with van der Waals surface area (Å²) in [5.41, 5.74) is 2.80. The van der Waals surface area contributed by atoms with E-state index in [0.717, 1.165) is 5.56 Å². The maximum atomic E-state index is 12.5. The zero-order valence-corrected chi connectivity index (χ0v) is 18.6. The molecule has 0 unspecified atom stereocenters. The van der Waals surface area contributed by atoms with Crippen molar-refractivity contribution in [3.05, 3.63) is 65.4 Å². The standard InChI is InChI=1S/C22H25N3O5S/c1-14(2)17-6-5-7-19(12-17)29-13-21(26)23-18-8-10-20(11-9-18)31(27,28)25-22-15(3)16(4)24-30-22/h5-12,14,25H,13H2,1-4H3,(H,23,26). The molecule has 2 N–H and O–H groups in total. The Morgan fingerprint density at radius 2 is 1.84 bits per heavy atom. The zero-order valence-electron chi connectivity index (χ0n) is 17.8. The fourth-order valence-corrected chi connectivity index (χ4v) is 3.76. The fraction of sp³-hybridized carbons (Fsp3) is 0.273. The number of nitrogens with one attached hydrogen (secondary N) is 2. The highest BCUT2D eigenvalue weighted by Crippen LogP contribution is 2.23. The molecule has 8 nitrogen and oxygen atoms in total. The summed E-state index contributed by atoms with van der Waals surface area (Å²) in [5, 5.41) is 6.41. The number of carbonyl (C=O) groups excluding carboxylic acids is 1. The Labute approximate surface area is 181 Å². The number of rotatable bonds is 8. The van der Waals surface area contributed by atoms with Crippen molar-refractivity contribution in [3.8, 4) is 5.75 Å². The van der Waals surface area contributed by atoms with Crippen LogP contribution in [0.15, 0.2) is 57.9 Å². The molecule has 3 aromatic rings. The van der Waals surface area contributed by atoms with E-state index in [2.05, 4.69) is 29.0 Å². The third-order valence-corrected chi connectivity index (χ3v) is 6.07. The number of aromatic nitrogens is 1. The van der Waals surface area contributed by atoms with Gasteiger partial charge in [-0.2, -0.15) is 0 Å². The molecule has 2 aromatic carbocycles. The van der Waals surface area contributed by atoms with Gasteiger partial charge < -0.3 is 14.6 Å². The van der Waals surface area contributed by atoms with Gasteiger partial charge in [0.05, 0.1) is 10.6 Å². The first kappa shape index (κ1) is 22.4. The Hall–Kier alpha value is -3.33. The molecule has 31 heavy (non-hydrogen) atoms. The van der Waals surface area contributed by atoms with Crippen LogP contribution in [0.1, 0.15) is 36.6 Å². The summed E-state index contributed by atoms with van der Waals surface area (Å²) in [6, 6.07) is 13.4. The minimum absolute atomic E-state index is 0.0284. The first-order chi connectivity index (χ1) is 14.7. The average Bonchev–Trinajstić information content (AvgIpc) is 3.04. The molecule has 0 aliphatic rings. The maximum absolute atomic E-state index is 12.5. The van der Waals surface area contributed by atoms with Crippen molar-refractivity contribution in [3.63, 3.8) is 0 Å². The highest BCUT2D eigenvalue weighted by molar-refractivity contribution is 7.92. The van der Waals surface area contributed by atoms with Crippen LogP contribution in [-0.4, -0.2) is 26.1 Å². The second-order valence-electron chi connectivity index (χ2n) is 7.42. The van der Waals surface area contributed by atoms with Crippen molar-refractivity contribution < 1.29 is 22.5 Å². The van der Waals surface area contributed by atoms with Crippen LogP contribution >= 0.6 is 0 Å². The molecule has 1 heterocycles. The third kappa shape index (κ3) is 5.64. The van der Waals surface area contributed by atoms with E-state index in [4.69, 9.17) is 9.26 Å². The molecule has 0 saturated carbocycles. The van der Waals surface area contributed by atoms with Crippen LogP contribution in [0.3, 0.4) is 0 Å².